The number of nitrogens with one attached hydrogen (secondary N) is 1. The summed E-state index contributed by atoms with van der Waals surface area (Å²) < 4.78 is 0. The number of halogens is 1. The van der Waals surface area contributed by atoms with E-state index in [0.29, 0.717) is 12.3 Å². The minimum Gasteiger partial charge on any atom is -0.380 e. The van der Waals surface area contributed by atoms with Crippen molar-refractivity contribution in [2.75, 3.05) is 5.32 Å². The van der Waals surface area contributed by atoms with Gasteiger partial charge in [-0.1, -0.05) is 36.7 Å². The Bertz CT molecular complexity index is 913. The molecule has 0 spiro atoms. The quantitative estimate of drug-likeness (QED) is 0.620. The molecule has 0 saturated carbocycles. The molecule has 0 fully saturated rings. The molecule has 1 N–H and O–H groups in total. The number of aryl methyl sites for hydroxylation is 1. The van der Waals surface area contributed by atoms with Gasteiger partial charge in [-0.25, -0.2) is 0 Å². The highest BCUT2D eigenvalue weighted by Crippen LogP contribution is 2.48. The summed E-state index contributed by atoms with van der Waals surface area (Å²) >= 11 is 6.98. The molecule has 4 rings (SSSR count). The van der Waals surface area contributed by atoms with Gasteiger partial charge in [0.15, 0.2) is 5.78 Å². The van der Waals surface area contributed by atoms with E-state index in [1.807, 2.05) is 12.1 Å². The van der Waals surface area contributed by atoms with Crippen molar-refractivity contribution in [2.45, 2.75) is 64.8 Å². The zero-order valence-corrected chi connectivity index (χ0v) is 16.8. The molecule has 1 unspecified atom stereocenters. The van der Waals surface area contributed by atoms with Gasteiger partial charge in [0.2, 0.25) is 0 Å². The first-order chi connectivity index (χ1) is 12.3. The predicted molar refractivity (Wildman–Crippen MR) is 110 cm³/mol. The van der Waals surface area contributed by atoms with Crippen LogP contribution in [0.25, 0.3) is 11.1 Å². The van der Waals surface area contributed by atoms with Crippen LogP contribution in [0.15, 0.2) is 24.3 Å². The molecule has 1 atom stereocenters. The lowest BCUT2D eigenvalue weighted by Crippen LogP contribution is -2.37. The van der Waals surface area contributed by atoms with Gasteiger partial charge in [-0.2, -0.15) is 0 Å². The van der Waals surface area contributed by atoms with Crippen LogP contribution in [0.4, 0.5) is 5.69 Å². The van der Waals surface area contributed by atoms with E-state index in [0.717, 1.165) is 41.0 Å². The number of Topliss-reactive ketones (excluding diaryl/α,β-unsaturated/α-hetero) is 1. The maximum absolute atomic E-state index is 12.3. The highest BCUT2D eigenvalue weighted by molar-refractivity contribution is 6.35. The number of hydrogen-bond donors (Lipinski definition) is 1. The van der Waals surface area contributed by atoms with Crippen LogP contribution in [0.1, 0.15) is 73.0 Å². The van der Waals surface area contributed by atoms with Crippen LogP contribution in [0.5, 0.6) is 0 Å². The first-order valence-corrected chi connectivity index (χ1v) is 9.93. The van der Waals surface area contributed by atoms with E-state index in [4.69, 9.17) is 11.6 Å². The lowest BCUT2D eigenvalue weighted by atomic mass is 9.78. The lowest BCUT2D eigenvalue weighted by Gasteiger charge is -2.39. The molecular weight excluding hydrogens is 342 g/mol. The van der Waals surface area contributed by atoms with Gasteiger partial charge < -0.3 is 5.32 Å². The normalized spacial score (nSPS) is 21.0. The maximum Gasteiger partial charge on any atom is 0.163 e. The summed E-state index contributed by atoms with van der Waals surface area (Å²) in [7, 11) is 0. The summed E-state index contributed by atoms with van der Waals surface area (Å²) in [4.78, 5) is 12.3. The van der Waals surface area contributed by atoms with Crippen LogP contribution in [0.2, 0.25) is 5.02 Å². The first-order valence-electron chi connectivity index (χ1n) is 9.55. The standard InChI is InChI=1S/C23H26ClNO/c1-13-11-18(16-7-5-9-17-15(16)8-6-10-19(17)26)21(24)20-14(2)12-23(3,4)25-22(13)20/h5,7,9,11,14,25H,6,8,10,12H2,1-4H3. The fourth-order valence-electron chi connectivity index (χ4n) is 4.83. The van der Waals surface area contributed by atoms with Gasteiger partial charge in [-0.15, -0.1) is 0 Å². The number of rotatable bonds is 1. The number of carbonyl (C=O) groups is 1. The fourth-order valence-corrected chi connectivity index (χ4v) is 5.27. The third kappa shape index (κ3) is 2.75. The van der Waals surface area contributed by atoms with E-state index in [1.54, 1.807) is 0 Å². The number of anilines is 1. The highest BCUT2D eigenvalue weighted by atomic mass is 35.5. The summed E-state index contributed by atoms with van der Waals surface area (Å²) in [6, 6.07) is 8.27. The van der Waals surface area contributed by atoms with Crippen molar-refractivity contribution in [3.05, 3.63) is 51.5 Å². The number of hydrogen-bond acceptors (Lipinski definition) is 2. The van der Waals surface area contributed by atoms with Crippen molar-refractivity contribution < 1.29 is 4.79 Å². The average Bonchev–Trinajstić information content (AvgIpc) is 2.57. The van der Waals surface area contributed by atoms with Gasteiger partial charge in [0.05, 0.1) is 5.02 Å². The molecular formula is C23H26ClNO. The van der Waals surface area contributed by atoms with Crippen molar-refractivity contribution >= 4 is 23.1 Å². The molecule has 136 valence electrons. The smallest absolute Gasteiger partial charge is 0.163 e. The summed E-state index contributed by atoms with van der Waals surface area (Å²) in [5.41, 5.74) is 7.95. The lowest BCUT2D eigenvalue weighted by molar-refractivity contribution is 0.0972. The Morgan fingerprint density at radius 2 is 1.88 bits per heavy atom. The van der Waals surface area contributed by atoms with E-state index in [1.165, 1.54) is 22.4 Å². The zero-order chi connectivity index (χ0) is 18.6. The monoisotopic (exact) mass is 367 g/mol. The van der Waals surface area contributed by atoms with Gasteiger partial charge in [0.25, 0.3) is 0 Å². The van der Waals surface area contributed by atoms with Gasteiger partial charge in [-0.3, -0.25) is 4.79 Å². The van der Waals surface area contributed by atoms with E-state index in [2.05, 4.69) is 45.1 Å². The molecule has 2 aromatic rings. The molecule has 26 heavy (non-hydrogen) atoms. The van der Waals surface area contributed by atoms with E-state index < -0.39 is 0 Å². The molecule has 0 amide bonds. The van der Waals surface area contributed by atoms with Gasteiger partial charge >= 0.3 is 0 Å². The molecule has 2 nitrogen and oxygen atoms in total. The zero-order valence-electron chi connectivity index (χ0n) is 16.0. The van der Waals surface area contributed by atoms with Gasteiger partial charge in [0, 0.05) is 28.8 Å². The van der Waals surface area contributed by atoms with Crippen LogP contribution < -0.4 is 5.32 Å². The van der Waals surface area contributed by atoms with Crippen molar-refractivity contribution in [3.8, 4) is 11.1 Å². The molecule has 1 heterocycles. The van der Waals surface area contributed by atoms with Crippen molar-refractivity contribution in [1.29, 1.82) is 0 Å². The Balaban J connectivity index is 1.94. The molecule has 0 bridgehead atoms. The van der Waals surface area contributed by atoms with E-state index >= 15 is 0 Å². The van der Waals surface area contributed by atoms with Crippen LogP contribution in [-0.2, 0) is 6.42 Å². The highest BCUT2D eigenvalue weighted by Gasteiger charge is 2.33. The summed E-state index contributed by atoms with van der Waals surface area (Å²) in [6.07, 6.45) is 3.58. The van der Waals surface area contributed by atoms with Crippen LogP contribution in [0, 0.1) is 6.92 Å². The molecule has 0 aromatic heterocycles. The second-order valence-corrected chi connectivity index (χ2v) is 8.94. The van der Waals surface area contributed by atoms with Crippen molar-refractivity contribution in [2.24, 2.45) is 0 Å². The third-order valence-corrected chi connectivity index (χ3v) is 6.27. The topological polar surface area (TPSA) is 29.1 Å². The average molecular weight is 368 g/mol. The SMILES string of the molecule is Cc1cc(-c2cccc3c2CCCC3=O)c(Cl)c2c1NC(C)(C)CC2C. The molecule has 2 aliphatic rings. The summed E-state index contributed by atoms with van der Waals surface area (Å²) in [6.45, 7) is 8.90. The molecule has 2 aromatic carbocycles. The van der Waals surface area contributed by atoms with E-state index in [9.17, 15) is 4.79 Å². The Kier molecular flexibility index (Phi) is 4.15. The van der Waals surface area contributed by atoms with Crippen LogP contribution >= 0.6 is 11.6 Å². The van der Waals surface area contributed by atoms with Crippen molar-refractivity contribution in [1.82, 2.24) is 0 Å². The Morgan fingerprint density at radius 1 is 1.15 bits per heavy atom. The van der Waals surface area contributed by atoms with Crippen LogP contribution in [-0.4, -0.2) is 11.3 Å². The minimum absolute atomic E-state index is 0.0698. The van der Waals surface area contributed by atoms with Crippen LogP contribution in [0.3, 0.4) is 0 Å². The maximum atomic E-state index is 12.3. The number of fused-ring (bicyclic) bond motifs is 2. The second kappa shape index (κ2) is 6.13. The largest absolute Gasteiger partial charge is 0.380 e. The first kappa shape index (κ1) is 17.6. The Morgan fingerprint density at radius 3 is 2.65 bits per heavy atom. The number of benzene rings is 2. The predicted octanol–water partition coefficient (Wildman–Crippen LogP) is 6.53. The molecule has 1 aliphatic heterocycles. The molecule has 0 radical (unpaired) electrons. The Hall–Kier alpha value is -1.80. The number of ketones is 1. The van der Waals surface area contributed by atoms with Gasteiger partial charge in [-0.05, 0) is 74.3 Å². The molecule has 1 aliphatic carbocycles. The molecule has 3 heteroatoms. The Labute approximate surface area is 161 Å². The fraction of sp³-hybridized carbons (Fsp3) is 0.435. The van der Waals surface area contributed by atoms with E-state index in [-0.39, 0.29) is 11.3 Å². The minimum atomic E-state index is 0.0698. The second-order valence-electron chi connectivity index (χ2n) is 8.57. The third-order valence-electron chi connectivity index (χ3n) is 5.87. The molecule has 0 saturated heterocycles. The van der Waals surface area contributed by atoms with Crippen molar-refractivity contribution in [3.63, 3.8) is 0 Å². The summed E-state index contributed by atoms with van der Waals surface area (Å²) in [5, 5.41) is 4.53. The van der Waals surface area contributed by atoms with Gasteiger partial charge in [0.1, 0.15) is 0 Å². The summed E-state index contributed by atoms with van der Waals surface area (Å²) in [5.74, 6) is 0.657. The number of carbonyl (C=O) groups excluding carboxylic acids is 1.